The topological polar surface area (TPSA) is 75.4 Å². The molecule has 19 heavy (non-hydrogen) atoms. The molecule has 6 nitrogen and oxygen atoms in total. The Morgan fingerprint density at radius 1 is 1.58 bits per heavy atom. The Labute approximate surface area is 114 Å². The molecule has 1 N–H and O–H groups in total. The zero-order valence-electron chi connectivity index (χ0n) is 11.4. The molecule has 108 valence electrons. The normalized spacial score (nSPS) is 23.4. The summed E-state index contributed by atoms with van der Waals surface area (Å²) >= 11 is 0. The van der Waals surface area contributed by atoms with Crippen LogP contribution >= 0.6 is 0 Å². The van der Waals surface area contributed by atoms with Gasteiger partial charge >= 0.3 is 0 Å². The molecule has 0 aliphatic carbocycles. The number of aliphatic hydroxyl groups excluding tert-OH is 1. The minimum atomic E-state index is -3.12. The highest BCUT2D eigenvalue weighted by atomic mass is 32.2. The largest absolute Gasteiger partial charge is 0.387 e. The van der Waals surface area contributed by atoms with Crippen LogP contribution in [-0.2, 0) is 17.1 Å². The van der Waals surface area contributed by atoms with Gasteiger partial charge in [-0.25, -0.2) is 12.7 Å². The number of rotatable bonds is 4. The van der Waals surface area contributed by atoms with Crippen LogP contribution < -0.4 is 0 Å². The Hall–Kier alpha value is -0.920. The van der Waals surface area contributed by atoms with E-state index >= 15 is 0 Å². The lowest BCUT2D eigenvalue weighted by atomic mass is 9.92. The molecule has 2 atom stereocenters. The molecule has 1 fully saturated rings. The molecule has 2 rings (SSSR count). The van der Waals surface area contributed by atoms with Crippen molar-refractivity contribution in [2.24, 2.45) is 13.0 Å². The second kappa shape index (κ2) is 5.60. The van der Waals surface area contributed by atoms with Gasteiger partial charge in [0.25, 0.3) is 0 Å². The number of aryl methyl sites for hydroxylation is 1. The van der Waals surface area contributed by atoms with Gasteiger partial charge in [0.1, 0.15) is 0 Å². The Kier molecular flexibility index (Phi) is 4.27. The highest BCUT2D eigenvalue weighted by Gasteiger charge is 2.28. The van der Waals surface area contributed by atoms with Crippen molar-refractivity contribution in [3.63, 3.8) is 0 Å². The number of aliphatic hydroxyl groups is 1. The fourth-order valence-corrected chi connectivity index (χ4v) is 3.61. The van der Waals surface area contributed by atoms with Crippen molar-refractivity contribution >= 4 is 10.0 Å². The number of hydrogen-bond donors (Lipinski definition) is 1. The van der Waals surface area contributed by atoms with Crippen LogP contribution in [0.4, 0.5) is 0 Å². The molecule has 0 saturated carbocycles. The molecule has 2 heterocycles. The van der Waals surface area contributed by atoms with Crippen molar-refractivity contribution < 1.29 is 13.5 Å². The van der Waals surface area contributed by atoms with E-state index in [-0.39, 0.29) is 5.92 Å². The SMILES string of the molecule is Cn1nccc1C(O)CC1CCCN(S(C)(=O)=O)C1. The first-order valence-electron chi connectivity index (χ1n) is 6.49. The molecule has 1 aliphatic heterocycles. The lowest BCUT2D eigenvalue weighted by Gasteiger charge is -2.31. The van der Waals surface area contributed by atoms with Gasteiger partial charge in [0.15, 0.2) is 0 Å². The zero-order valence-corrected chi connectivity index (χ0v) is 12.2. The third kappa shape index (κ3) is 3.55. The standard InChI is InChI=1S/C12H21N3O3S/c1-14-11(5-6-13-14)12(16)8-10-4-3-7-15(9-10)19(2,17)18/h5-6,10,12,16H,3-4,7-9H2,1-2H3. The molecule has 1 aromatic heterocycles. The van der Waals surface area contributed by atoms with E-state index in [1.165, 1.54) is 10.6 Å². The van der Waals surface area contributed by atoms with Crippen LogP contribution in [0.15, 0.2) is 12.3 Å². The monoisotopic (exact) mass is 287 g/mol. The van der Waals surface area contributed by atoms with Crippen molar-refractivity contribution in [1.29, 1.82) is 0 Å². The minimum absolute atomic E-state index is 0.202. The molecule has 7 heteroatoms. The smallest absolute Gasteiger partial charge is 0.211 e. The van der Waals surface area contributed by atoms with Crippen molar-refractivity contribution in [2.75, 3.05) is 19.3 Å². The average molecular weight is 287 g/mol. The number of aromatic nitrogens is 2. The van der Waals surface area contributed by atoms with E-state index in [1.54, 1.807) is 24.0 Å². The van der Waals surface area contributed by atoms with Crippen LogP contribution in [0.2, 0.25) is 0 Å². The van der Waals surface area contributed by atoms with Gasteiger partial charge in [0.2, 0.25) is 10.0 Å². The Morgan fingerprint density at radius 3 is 2.89 bits per heavy atom. The Bertz CT molecular complexity index is 526. The maximum atomic E-state index is 11.5. The third-order valence-corrected chi connectivity index (χ3v) is 4.98. The van der Waals surface area contributed by atoms with Crippen LogP contribution in [0.5, 0.6) is 0 Å². The Balaban J connectivity index is 1.98. The van der Waals surface area contributed by atoms with Gasteiger partial charge in [-0.2, -0.15) is 5.10 Å². The first kappa shape index (κ1) is 14.5. The summed E-state index contributed by atoms with van der Waals surface area (Å²) in [7, 11) is -1.33. The molecule has 0 bridgehead atoms. The van der Waals surface area contributed by atoms with Crippen LogP contribution in [0.25, 0.3) is 0 Å². The van der Waals surface area contributed by atoms with E-state index in [1.807, 2.05) is 0 Å². The molecular formula is C12H21N3O3S. The molecule has 0 amide bonds. The second-order valence-electron chi connectivity index (χ2n) is 5.26. The molecule has 1 aliphatic rings. The van der Waals surface area contributed by atoms with Crippen LogP contribution in [0, 0.1) is 5.92 Å². The van der Waals surface area contributed by atoms with E-state index in [9.17, 15) is 13.5 Å². The first-order chi connectivity index (χ1) is 8.88. The van der Waals surface area contributed by atoms with Crippen molar-refractivity contribution in [2.45, 2.75) is 25.4 Å². The summed E-state index contributed by atoms with van der Waals surface area (Å²) in [5.41, 5.74) is 0.775. The van der Waals surface area contributed by atoms with Gasteiger partial charge in [-0.15, -0.1) is 0 Å². The summed E-state index contributed by atoms with van der Waals surface area (Å²) < 4.78 is 26.3. The van der Waals surface area contributed by atoms with Gasteiger partial charge in [0.05, 0.1) is 18.1 Å². The van der Waals surface area contributed by atoms with Crippen molar-refractivity contribution in [1.82, 2.24) is 14.1 Å². The first-order valence-corrected chi connectivity index (χ1v) is 8.34. The highest BCUT2D eigenvalue weighted by Crippen LogP contribution is 2.28. The van der Waals surface area contributed by atoms with Gasteiger partial charge in [-0.1, -0.05) is 0 Å². The lowest BCUT2D eigenvalue weighted by molar-refractivity contribution is 0.116. The summed E-state index contributed by atoms with van der Waals surface area (Å²) in [6.45, 7) is 1.10. The summed E-state index contributed by atoms with van der Waals surface area (Å²) in [6.07, 6.45) is 4.70. The third-order valence-electron chi connectivity index (χ3n) is 3.71. The number of sulfonamides is 1. The molecule has 0 spiro atoms. The molecule has 1 aromatic rings. The molecule has 2 unspecified atom stereocenters. The van der Waals surface area contributed by atoms with E-state index in [0.717, 1.165) is 18.5 Å². The minimum Gasteiger partial charge on any atom is -0.387 e. The van der Waals surface area contributed by atoms with Gasteiger partial charge in [-0.05, 0) is 31.2 Å². The Morgan fingerprint density at radius 2 is 2.32 bits per heavy atom. The summed E-state index contributed by atoms with van der Waals surface area (Å²) in [4.78, 5) is 0. The maximum absolute atomic E-state index is 11.5. The number of hydrogen-bond acceptors (Lipinski definition) is 4. The van der Waals surface area contributed by atoms with Crippen molar-refractivity contribution in [3.8, 4) is 0 Å². The van der Waals surface area contributed by atoms with Crippen molar-refractivity contribution in [3.05, 3.63) is 18.0 Å². The fraction of sp³-hybridized carbons (Fsp3) is 0.750. The van der Waals surface area contributed by atoms with Gasteiger partial charge in [0, 0.05) is 26.3 Å². The number of nitrogens with zero attached hydrogens (tertiary/aromatic N) is 3. The zero-order chi connectivity index (χ0) is 14.0. The molecule has 0 aromatic carbocycles. The van der Waals surface area contributed by atoms with E-state index in [2.05, 4.69) is 5.10 Å². The van der Waals surface area contributed by atoms with Crippen LogP contribution in [0.1, 0.15) is 31.1 Å². The average Bonchev–Trinajstić information content (AvgIpc) is 2.75. The highest BCUT2D eigenvalue weighted by molar-refractivity contribution is 7.88. The predicted octanol–water partition coefficient (Wildman–Crippen LogP) is 0.515. The van der Waals surface area contributed by atoms with Gasteiger partial charge in [-0.3, -0.25) is 4.68 Å². The lowest BCUT2D eigenvalue weighted by Crippen LogP contribution is -2.39. The molecule has 1 saturated heterocycles. The summed E-state index contributed by atoms with van der Waals surface area (Å²) in [6, 6.07) is 1.79. The summed E-state index contributed by atoms with van der Waals surface area (Å²) in [5, 5.41) is 14.2. The maximum Gasteiger partial charge on any atom is 0.211 e. The molecular weight excluding hydrogens is 266 g/mol. The van der Waals surface area contributed by atoms with E-state index in [4.69, 9.17) is 0 Å². The number of piperidine rings is 1. The molecule has 0 radical (unpaired) electrons. The quantitative estimate of drug-likeness (QED) is 0.876. The summed E-state index contributed by atoms with van der Waals surface area (Å²) in [5.74, 6) is 0.202. The second-order valence-corrected chi connectivity index (χ2v) is 7.24. The predicted molar refractivity (Wildman–Crippen MR) is 71.9 cm³/mol. The van der Waals surface area contributed by atoms with Crippen LogP contribution in [-0.4, -0.2) is 47.0 Å². The fourth-order valence-electron chi connectivity index (χ4n) is 2.67. The van der Waals surface area contributed by atoms with E-state index < -0.39 is 16.1 Å². The van der Waals surface area contributed by atoms with E-state index in [0.29, 0.717) is 19.5 Å². The van der Waals surface area contributed by atoms with Crippen LogP contribution in [0.3, 0.4) is 0 Å². The van der Waals surface area contributed by atoms with Gasteiger partial charge < -0.3 is 5.11 Å².